The zero-order valence-electron chi connectivity index (χ0n) is 15.9. The first-order chi connectivity index (χ1) is 13.3. The van der Waals surface area contributed by atoms with Crippen LogP contribution in [0.5, 0.6) is 5.75 Å². The van der Waals surface area contributed by atoms with Crippen molar-refractivity contribution in [2.75, 3.05) is 56.5 Å². The summed E-state index contributed by atoms with van der Waals surface area (Å²) in [6.07, 6.45) is 1.47. The van der Waals surface area contributed by atoms with Gasteiger partial charge in [0.25, 0.3) is 5.91 Å². The van der Waals surface area contributed by atoms with Crippen molar-refractivity contribution >= 4 is 33.2 Å². The fourth-order valence-corrected chi connectivity index (χ4v) is 4.44. The van der Waals surface area contributed by atoms with Gasteiger partial charge in [0.15, 0.2) is 6.10 Å². The second-order valence-electron chi connectivity index (χ2n) is 6.94. The van der Waals surface area contributed by atoms with E-state index in [1.807, 2.05) is 0 Å². The van der Waals surface area contributed by atoms with Crippen molar-refractivity contribution in [3.63, 3.8) is 0 Å². The Morgan fingerprint density at radius 2 is 2.04 bits per heavy atom. The fraction of sp³-hybridized carbons (Fsp3) is 0.611. The Labute approximate surface area is 170 Å². The number of amides is 1. The normalized spacial score (nSPS) is 20.8. The first kappa shape index (κ1) is 21.2. The van der Waals surface area contributed by atoms with Gasteiger partial charge in [0.05, 0.1) is 25.2 Å². The number of nitrogens with zero attached hydrogens (tertiary/aromatic N) is 2. The van der Waals surface area contributed by atoms with Gasteiger partial charge in [-0.2, -0.15) is 0 Å². The Hall–Kier alpha value is -1.55. The van der Waals surface area contributed by atoms with Crippen molar-refractivity contribution in [1.29, 1.82) is 0 Å². The number of hydrogen-bond acceptors (Lipinski definition) is 6. The molecule has 3 rings (SSSR count). The fourth-order valence-electron chi connectivity index (χ4n) is 3.33. The number of sulfonamides is 1. The van der Waals surface area contributed by atoms with E-state index in [0.717, 1.165) is 45.5 Å². The molecule has 0 spiro atoms. The topological polar surface area (TPSA) is 88.2 Å². The molecule has 0 bridgehead atoms. The van der Waals surface area contributed by atoms with E-state index in [0.29, 0.717) is 23.0 Å². The average molecular weight is 432 g/mol. The summed E-state index contributed by atoms with van der Waals surface area (Å²) in [5, 5.41) is 3.30. The largest absolute Gasteiger partial charge is 0.478 e. The molecule has 1 atom stereocenters. The summed E-state index contributed by atoms with van der Waals surface area (Å²) in [6, 6.07) is 4.75. The molecule has 1 saturated heterocycles. The van der Waals surface area contributed by atoms with E-state index in [4.69, 9.17) is 21.1 Å². The lowest BCUT2D eigenvalue weighted by molar-refractivity contribution is -0.128. The third kappa shape index (κ3) is 5.50. The second kappa shape index (κ2) is 9.30. The third-order valence-electron chi connectivity index (χ3n) is 4.80. The van der Waals surface area contributed by atoms with E-state index in [1.165, 1.54) is 4.31 Å². The first-order valence-corrected chi connectivity index (χ1v) is 11.6. The maximum atomic E-state index is 12.6. The van der Waals surface area contributed by atoms with Crippen LogP contribution in [0.15, 0.2) is 18.2 Å². The molecule has 0 aliphatic carbocycles. The highest BCUT2D eigenvalue weighted by atomic mass is 35.5. The van der Waals surface area contributed by atoms with Gasteiger partial charge < -0.3 is 14.8 Å². The summed E-state index contributed by atoms with van der Waals surface area (Å²) in [5.41, 5.74) is 0.359. The van der Waals surface area contributed by atoms with E-state index >= 15 is 0 Å². The quantitative estimate of drug-likeness (QED) is 0.678. The lowest BCUT2D eigenvalue weighted by Crippen LogP contribution is -2.41. The molecule has 1 N–H and O–H groups in total. The first-order valence-electron chi connectivity index (χ1n) is 9.36. The van der Waals surface area contributed by atoms with E-state index in [-0.39, 0.29) is 18.9 Å². The number of fused-ring (bicyclic) bond motifs is 1. The number of carbonyl (C=O) groups is 1. The van der Waals surface area contributed by atoms with E-state index in [2.05, 4.69) is 10.2 Å². The number of nitrogens with one attached hydrogen (secondary N) is 1. The zero-order chi connectivity index (χ0) is 20.1. The van der Waals surface area contributed by atoms with Crippen molar-refractivity contribution in [2.24, 2.45) is 0 Å². The molecule has 0 saturated carbocycles. The second-order valence-corrected chi connectivity index (χ2v) is 9.28. The summed E-state index contributed by atoms with van der Waals surface area (Å²) >= 11 is 6.02. The molecule has 2 aliphatic rings. The molecular weight excluding hydrogens is 406 g/mol. The van der Waals surface area contributed by atoms with Gasteiger partial charge in [-0.1, -0.05) is 11.6 Å². The molecule has 1 amide bonds. The van der Waals surface area contributed by atoms with Crippen molar-refractivity contribution in [1.82, 2.24) is 10.2 Å². The van der Waals surface area contributed by atoms with Gasteiger partial charge in [-0.3, -0.25) is 14.0 Å². The van der Waals surface area contributed by atoms with Crippen LogP contribution in [0.3, 0.4) is 0 Å². The van der Waals surface area contributed by atoms with Crippen LogP contribution in [0.1, 0.15) is 12.8 Å². The number of morpholine rings is 1. The highest BCUT2D eigenvalue weighted by Gasteiger charge is 2.31. The molecule has 10 heteroatoms. The smallest absolute Gasteiger partial charge is 0.261 e. The van der Waals surface area contributed by atoms with Crippen molar-refractivity contribution in [3.05, 3.63) is 23.2 Å². The summed E-state index contributed by atoms with van der Waals surface area (Å²) in [7, 11) is -3.51. The van der Waals surface area contributed by atoms with E-state index < -0.39 is 16.1 Å². The number of ether oxygens (including phenoxy) is 2. The molecule has 1 aromatic rings. The number of hydrogen-bond donors (Lipinski definition) is 1. The maximum Gasteiger partial charge on any atom is 0.261 e. The van der Waals surface area contributed by atoms with Gasteiger partial charge in [-0.05, 0) is 31.2 Å². The molecule has 2 aliphatic heterocycles. The molecule has 0 radical (unpaired) electrons. The van der Waals surface area contributed by atoms with Crippen LogP contribution in [-0.4, -0.2) is 77.5 Å². The van der Waals surface area contributed by atoms with Crippen LogP contribution in [0.2, 0.25) is 5.02 Å². The van der Waals surface area contributed by atoms with E-state index in [9.17, 15) is 13.2 Å². The molecule has 1 fully saturated rings. The van der Waals surface area contributed by atoms with Crippen LogP contribution in [0.4, 0.5) is 5.69 Å². The van der Waals surface area contributed by atoms with Gasteiger partial charge in [0.2, 0.25) is 10.0 Å². The number of anilines is 1. The van der Waals surface area contributed by atoms with E-state index in [1.54, 1.807) is 18.2 Å². The molecule has 156 valence electrons. The van der Waals surface area contributed by atoms with Gasteiger partial charge in [-0.15, -0.1) is 0 Å². The monoisotopic (exact) mass is 431 g/mol. The molecular formula is C18H26ClN3O5S. The standard InChI is InChI=1S/C18H26ClN3O5S/c1-28(24,25)22-8-5-17(27-16-4-3-14(19)13-15(16)22)18(23)20-6-2-7-21-9-11-26-12-10-21/h3-4,13,17H,2,5-12H2,1H3,(H,20,23)/t17-/m1/s1. The lowest BCUT2D eigenvalue weighted by atomic mass is 10.2. The number of rotatable bonds is 6. The van der Waals surface area contributed by atoms with Crippen molar-refractivity contribution < 1.29 is 22.7 Å². The number of benzene rings is 1. The van der Waals surface area contributed by atoms with Crippen LogP contribution in [0.25, 0.3) is 0 Å². The summed E-state index contributed by atoms with van der Waals surface area (Å²) in [4.78, 5) is 14.9. The Kier molecular flexibility index (Phi) is 7.03. The third-order valence-corrected chi connectivity index (χ3v) is 6.22. The van der Waals surface area contributed by atoms with Crippen LogP contribution in [0, 0.1) is 0 Å². The number of carbonyl (C=O) groups excluding carboxylic acids is 1. The van der Waals surface area contributed by atoms with Gasteiger partial charge in [0.1, 0.15) is 5.75 Å². The van der Waals surface area contributed by atoms with Crippen LogP contribution >= 0.6 is 11.6 Å². The SMILES string of the molecule is CS(=O)(=O)N1CC[C@H](C(=O)NCCCN2CCOCC2)Oc2ccc(Cl)cc21. The zero-order valence-corrected chi connectivity index (χ0v) is 17.5. The van der Waals surface area contributed by atoms with Crippen molar-refractivity contribution in [2.45, 2.75) is 18.9 Å². The average Bonchev–Trinajstić information content (AvgIpc) is 2.85. The summed E-state index contributed by atoms with van der Waals surface area (Å²) in [5.74, 6) is 0.0963. The minimum atomic E-state index is -3.51. The maximum absolute atomic E-state index is 12.6. The molecule has 0 unspecified atom stereocenters. The highest BCUT2D eigenvalue weighted by molar-refractivity contribution is 7.92. The predicted octanol–water partition coefficient (Wildman–Crippen LogP) is 1.10. The molecule has 8 nitrogen and oxygen atoms in total. The Morgan fingerprint density at radius 1 is 1.29 bits per heavy atom. The minimum Gasteiger partial charge on any atom is -0.478 e. The molecule has 28 heavy (non-hydrogen) atoms. The van der Waals surface area contributed by atoms with Gasteiger partial charge in [-0.25, -0.2) is 8.42 Å². The van der Waals surface area contributed by atoms with Crippen molar-refractivity contribution in [3.8, 4) is 5.75 Å². The lowest BCUT2D eigenvalue weighted by Gasteiger charge is -2.26. The Bertz CT molecular complexity index is 798. The minimum absolute atomic E-state index is 0.151. The molecule has 2 heterocycles. The van der Waals surface area contributed by atoms with Gasteiger partial charge in [0, 0.05) is 37.6 Å². The Balaban J connectivity index is 1.59. The van der Waals surface area contributed by atoms with Gasteiger partial charge >= 0.3 is 0 Å². The van der Waals surface area contributed by atoms with Crippen LogP contribution < -0.4 is 14.4 Å². The Morgan fingerprint density at radius 3 is 2.75 bits per heavy atom. The summed E-state index contributed by atoms with van der Waals surface area (Å²) in [6.45, 7) is 4.93. The predicted molar refractivity (Wildman–Crippen MR) is 108 cm³/mol. The molecule has 0 aromatic heterocycles. The highest BCUT2D eigenvalue weighted by Crippen LogP contribution is 2.36. The number of halogens is 1. The van der Waals surface area contributed by atoms with Crippen LogP contribution in [-0.2, 0) is 19.6 Å². The summed E-state index contributed by atoms with van der Waals surface area (Å²) < 4.78 is 36.7. The molecule has 1 aromatic carbocycles.